The van der Waals surface area contributed by atoms with Gasteiger partial charge in [-0.25, -0.2) is 0 Å². The summed E-state index contributed by atoms with van der Waals surface area (Å²) in [7, 11) is 0. The summed E-state index contributed by atoms with van der Waals surface area (Å²) in [5, 5.41) is 4.18. The highest BCUT2D eigenvalue weighted by atomic mass is 16.5. The Morgan fingerprint density at radius 3 is 2.60 bits per heavy atom. The van der Waals surface area contributed by atoms with Gasteiger partial charge >= 0.3 is 0 Å². The van der Waals surface area contributed by atoms with E-state index in [-0.39, 0.29) is 11.0 Å². The molecule has 0 N–H and O–H groups in total. The van der Waals surface area contributed by atoms with Gasteiger partial charge in [0, 0.05) is 31.0 Å². The van der Waals surface area contributed by atoms with Crippen molar-refractivity contribution in [1.82, 2.24) is 15.0 Å². The molecule has 2 aliphatic carbocycles. The quantitative estimate of drug-likeness (QED) is 0.833. The van der Waals surface area contributed by atoms with Crippen molar-refractivity contribution in [3.05, 3.63) is 5.89 Å². The van der Waals surface area contributed by atoms with Crippen LogP contribution in [0.15, 0.2) is 4.52 Å². The van der Waals surface area contributed by atoms with Gasteiger partial charge < -0.3 is 19.1 Å². The molecule has 1 aromatic rings. The van der Waals surface area contributed by atoms with Gasteiger partial charge in [0.15, 0.2) is 0 Å². The van der Waals surface area contributed by atoms with Crippen LogP contribution >= 0.6 is 0 Å². The zero-order chi connectivity index (χ0) is 17.1. The van der Waals surface area contributed by atoms with Gasteiger partial charge in [0.2, 0.25) is 11.8 Å². The minimum absolute atomic E-state index is 0.0756. The molecule has 2 aliphatic heterocycles. The second-order valence-electron chi connectivity index (χ2n) is 8.51. The van der Waals surface area contributed by atoms with Crippen LogP contribution in [0.3, 0.4) is 0 Å². The highest BCUT2D eigenvalue weighted by Crippen LogP contribution is 2.47. The van der Waals surface area contributed by atoms with Crippen molar-refractivity contribution < 1.29 is 14.1 Å². The van der Waals surface area contributed by atoms with Crippen molar-refractivity contribution >= 4 is 11.9 Å². The van der Waals surface area contributed by atoms with Gasteiger partial charge in [0.1, 0.15) is 0 Å². The van der Waals surface area contributed by atoms with Crippen LogP contribution in [-0.2, 0) is 9.53 Å². The first kappa shape index (κ1) is 15.6. The van der Waals surface area contributed by atoms with Crippen LogP contribution in [0.4, 0.5) is 5.95 Å². The van der Waals surface area contributed by atoms with Gasteiger partial charge in [-0.1, -0.05) is 6.92 Å². The lowest BCUT2D eigenvalue weighted by molar-refractivity contribution is -0.144. The predicted molar refractivity (Wildman–Crippen MR) is 90.3 cm³/mol. The van der Waals surface area contributed by atoms with Crippen LogP contribution in [0.25, 0.3) is 0 Å². The number of anilines is 1. The zero-order valence-electron chi connectivity index (χ0n) is 14.9. The maximum absolute atomic E-state index is 12.6. The van der Waals surface area contributed by atoms with Crippen LogP contribution < -0.4 is 4.90 Å². The second kappa shape index (κ2) is 5.43. The fourth-order valence-corrected chi connectivity index (χ4v) is 4.07. The summed E-state index contributed by atoms with van der Waals surface area (Å²) in [6, 6.07) is 0. The van der Waals surface area contributed by atoms with Gasteiger partial charge in [-0.05, 0) is 43.7 Å². The van der Waals surface area contributed by atoms with E-state index >= 15 is 0 Å². The molecule has 1 aromatic heterocycles. The van der Waals surface area contributed by atoms with E-state index in [2.05, 4.69) is 22.0 Å². The van der Waals surface area contributed by atoms with Gasteiger partial charge in [0.05, 0.1) is 18.8 Å². The first-order valence-electron chi connectivity index (χ1n) is 9.59. The van der Waals surface area contributed by atoms with Gasteiger partial charge in [0.25, 0.3) is 5.95 Å². The minimum atomic E-state index is -0.181. The topological polar surface area (TPSA) is 71.7 Å². The Bertz CT molecular complexity index is 672. The molecule has 0 radical (unpaired) electrons. The standard InChI is InChI=1S/C18H26N4O3/c1-17(4-5-17)15(23)21-8-6-18(7-9-21)12-22(10-11-24-18)16-19-14(25-20-16)13-2-3-13/h13H,2-12H2,1H3. The smallest absolute Gasteiger partial charge is 0.266 e. The molecule has 7 heteroatoms. The van der Waals surface area contributed by atoms with Gasteiger partial charge in [-0.2, -0.15) is 4.98 Å². The van der Waals surface area contributed by atoms with Crippen LogP contribution in [0, 0.1) is 5.41 Å². The van der Waals surface area contributed by atoms with E-state index in [1.54, 1.807) is 0 Å². The fraction of sp³-hybridized carbons (Fsp3) is 0.833. The SMILES string of the molecule is CC1(C(=O)N2CCC3(CC2)CN(c2noc(C4CC4)n2)CCO3)CC1. The zero-order valence-corrected chi connectivity index (χ0v) is 14.9. The summed E-state index contributed by atoms with van der Waals surface area (Å²) >= 11 is 0. The lowest BCUT2D eigenvalue weighted by Gasteiger charge is -2.47. The maximum Gasteiger partial charge on any atom is 0.266 e. The molecule has 5 rings (SSSR count). The first-order valence-corrected chi connectivity index (χ1v) is 9.59. The third kappa shape index (κ3) is 2.82. The maximum atomic E-state index is 12.6. The number of aromatic nitrogens is 2. The number of ether oxygens (including phenoxy) is 1. The highest BCUT2D eigenvalue weighted by Gasteiger charge is 2.49. The van der Waals surface area contributed by atoms with E-state index in [4.69, 9.17) is 9.26 Å². The molecular weight excluding hydrogens is 320 g/mol. The van der Waals surface area contributed by atoms with Crippen LogP contribution in [0.1, 0.15) is 57.3 Å². The third-order valence-corrected chi connectivity index (χ3v) is 6.37. The molecule has 25 heavy (non-hydrogen) atoms. The first-order chi connectivity index (χ1) is 12.1. The summed E-state index contributed by atoms with van der Waals surface area (Å²) < 4.78 is 11.6. The Morgan fingerprint density at radius 1 is 1.16 bits per heavy atom. The number of carbonyl (C=O) groups is 1. The number of amides is 1. The molecule has 0 bridgehead atoms. The predicted octanol–water partition coefficient (Wildman–Crippen LogP) is 1.94. The number of hydrogen-bond acceptors (Lipinski definition) is 6. The van der Waals surface area contributed by atoms with Crippen LogP contribution in [0.2, 0.25) is 0 Å². The number of rotatable bonds is 3. The van der Waals surface area contributed by atoms with Crippen molar-refractivity contribution in [2.24, 2.45) is 5.41 Å². The van der Waals surface area contributed by atoms with Crippen LogP contribution in [0.5, 0.6) is 0 Å². The number of hydrogen-bond donors (Lipinski definition) is 0. The summed E-state index contributed by atoms with van der Waals surface area (Å²) in [5.41, 5.74) is -0.256. The van der Waals surface area contributed by atoms with E-state index in [0.717, 1.165) is 70.6 Å². The summed E-state index contributed by atoms with van der Waals surface area (Å²) in [5.74, 6) is 2.30. The van der Waals surface area contributed by atoms with Crippen molar-refractivity contribution in [2.45, 2.75) is 57.0 Å². The summed E-state index contributed by atoms with van der Waals surface area (Å²) in [6.07, 6.45) is 6.18. The largest absolute Gasteiger partial charge is 0.371 e. The van der Waals surface area contributed by atoms with Crippen LogP contribution in [-0.4, -0.2) is 59.3 Å². The molecule has 0 atom stereocenters. The molecule has 1 spiro atoms. The molecule has 2 saturated carbocycles. The highest BCUT2D eigenvalue weighted by molar-refractivity contribution is 5.85. The normalized spacial score (nSPS) is 27.6. The fourth-order valence-electron chi connectivity index (χ4n) is 4.07. The van der Waals surface area contributed by atoms with Gasteiger partial charge in [-0.15, -0.1) is 0 Å². The molecule has 2 saturated heterocycles. The monoisotopic (exact) mass is 346 g/mol. The number of carbonyl (C=O) groups excluding carboxylic acids is 1. The lowest BCUT2D eigenvalue weighted by Crippen LogP contribution is -2.58. The van der Waals surface area contributed by atoms with E-state index in [0.29, 0.717) is 24.4 Å². The second-order valence-corrected chi connectivity index (χ2v) is 8.51. The van der Waals surface area contributed by atoms with Gasteiger partial charge in [-0.3, -0.25) is 4.79 Å². The van der Waals surface area contributed by atoms with Crippen molar-refractivity contribution in [1.29, 1.82) is 0 Å². The number of nitrogens with zero attached hydrogens (tertiary/aromatic N) is 4. The Balaban J connectivity index is 1.24. The lowest BCUT2D eigenvalue weighted by atomic mass is 9.88. The molecule has 1 amide bonds. The molecule has 0 unspecified atom stereocenters. The number of morpholine rings is 1. The molecule has 0 aromatic carbocycles. The Kier molecular flexibility index (Phi) is 3.39. The Hall–Kier alpha value is -1.63. The van der Waals surface area contributed by atoms with Crippen molar-refractivity contribution in [2.75, 3.05) is 37.7 Å². The van der Waals surface area contributed by atoms with Crippen molar-refractivity contribution in [3.8, 4) is 0 Å². The molecule has 7 nitrogen and oxygen atoms in total. The Morgan fingerprint density at radius 2 is 1.92 bits per heavy atom. The summed E-state index contributed by atoms with van der Waals surface area (Å²) in [6.45, 7) is 5.94. The third-order valence-electron chi connectivity index (χ3n) is 6.37. The average molecular weight is 346 g/mol. The number of likely N-dealkylation sites (tertiary alicyclic amines) is 1. The molecular formula is C18H26N4O3. The van der Waals surface area contributed by atoms with Crippen molar-refractivity contribution in [3.63, 3.8) is 0 Å². The van der Waals surface area contributed by atoms with E-state index < -0.39 is 0 Å². The minimum Gasteiger partial charge on any atom is -0.371 e. The molecule has 3 heterocycles. The molecule has 4 fully saturated rings. The van der Waals surface area contributed by atoms with E-state index in [1.165, 1.54) is 0 Å². The summed E-state index contributed by atoms with van der Waals surface area (Å²) in [4.78, 5) is 21.4. The van der Waals surface area contributed by atoms with E-state index in [1.807, 2.05) is 4.90 Å². The molecule has 136 valence electrons. The molecule has 4 aliphatic rings. The Labute approximate surface area is 147 Å². The average Bonchev–Trinajstić information content (AvgIpc) is 3.56. The van der Waals surface area contributed by atoms with E-state index in [9.17, 15) is 4.79 Å². The number of piperidine rings is 1.